The lowest BCUT2D eigenvalue weighted by Crippen LogP contribution is -2.38. The number of aliphatic imine (C=N–C) groups is 1. The highest BCUT2D eigenvalue weighted by atomic mass is 35.5. The molecule has 32 heavy (non-hydrogen) atoms. The van der Waals surface area contributed by atoms with E-state index in [2.05, 4.69) is 0 Å². The Labute approximate surface area is 193 Å². The van der Waals surface area contributed by atoms with Crippen molar-refractivity contribution in [3.05, 3.63) is 76.0 Å². The van der Waals surface area contributed by atoms with Gasteiger partial charge in [0, 0.05) is 39.9 Å². The highest BCUT2D eigenvalue weighted by Crippen LogP contribution is 2.48. The summed E-state index contributed by atoms with van der Waals surface area (Å²) in [7, 11) is 1.59. The predicted molar refractivity (Wildman–Crippen MR) is 124 cm³/mol. The molecule has 2 aromatic carbocycles. The van der Waals surface area contributed by atoms with Crippen molar-refractivity contribution in [2.24, 2.45) is 10.9 Å². The van der Waals surface area contributed by atoms with Crippen molar-refractivity contribution < 1.29 is 19.1 Å². The van der Waals surface area contributed by atoms with E-state index in [9.17, 15) is 9.59 Å². The van der Waals surface area contributed by atoms with E-state index in [1.165, 1.54) is 0 Å². The van der Waals surface area contributed by atoms with Crippen LogP contribution in [-0.2, 0) is 14.3 Å². The summed E-state index contributed by atoms with van der Waals surface area (Å²) in [6.07, 6.45) is 0.984. The van der Waals surface area contributed by atoms with Gasteiger partial charge < -0.3 is 9.47 Å². The van der Waals surface area contributed by atoms with Crippen molar-refractivity contribution in [3.8, 4) is 5.75 Å². The fourth-order valence-corrected chi connectivity index (χ4v) is 4.95. The Morgan fingerprint density at radius 3 is 2.53 bits per heavy atom. The molecule has 5 nitrogen and oxygen atoms in total. The average Bonchev–Trinajstić information content (AvgIpc) is 2.78. The van der Waals surface area contributed by atoms with E-state index in [4.69, 9.17) is 26.1 Å². The van der Waals surface area contributed by atoms with Gasteiger partial charge in [-0.1, -0.05) is 41.9 Å². The minimum atomic E-state index is -0.666. The zero-order chi connectivity index (χ0) is 22.8. The molecule has 0 saturated carbocycles. The SMILES string of the molecule is CCOC(=O)C1C(C)=NC2=C(C(=O)C[C@H](c3ccc(Cl)cc3)C2)[C@H]1c1ccccc1OC. The van der Waals surface area contributed by atoms with Crippen molar-refractivity contribution in [3.63, 3.8) is 0 Å². The number of hydrogen-bond acceptors (Lipinski definition) is 5. The van der Waals surface area contributed by atoms with Crippen molar-refractivity contribution in [2.75, 3.05) is 13.7 Å². The summed E-state index contributed by atoms with van der Waals surface area (Å²) in [4.78, 5) is 31.3. The molecule has 3 atom stereocenters. The number of esters is 1. The van der Waals surface area contributed by atoms with Crippen LogP contribution in [0.25, 0.3) is 0 Å². The molecule has 1 unspecified atom stereocenters. The summed E-state index contributed by atoms with van der Waals surface area (Å²) in [6, 6.07) is 15.1. The molecule has 0 spiro atoms. The number of hydrogen-bond donors (Lipinski definition) is 0. The molecule has 4 rings (SSSR count). The second kappa shape index (κ2) is 9.29. The molecule has 6 heteroatoms. The molecule has 0 saturated heterocycles. The number of rotatable bonds is 5. The molecule has 0 amide bonds. The minimum Gasteiger partial charge on any atom is -0.496 e. The van der Waals surface area contributed by atoms with Crippen LogP contribution in [-0.4, -0.2) is 31.2 Å². The number of methoxy groups -OCH3 is 1. The first-order chi connectivity index (χ1) is 15.4. The summed E-state index contributed by atoms with van der Waals surface area (Å²) in [5.74, 6) is -0.859. The van der Waals surface area contributed by atoms with E-state index in [0.29, 0.717) is 34.9 Å². The normalized spacial score (nSPS) is 22.8. The number of allylic oxidation sites excluding steroid dienone is 2. The van der Waals surface area contributed by atoms with E-state index < -0.39 is 11.8 Å². The van der Waals surface area contributed by atoms with Gasteiger partial charge in [-0.3, -0.25) is 14.6 Å². The number of halogens is 1. The third-order valence-electron chi connectivity index (χ3n) is 6.24. The summed E-state index contributed by atoms with van der Waals surface area (Å²) < 4.78 is 11.0. The fraction of sp³-hybridized carbons (Fsp3) is 0.346. The van der Waals surface area contributed by atoms with Crippen molar-refractivity contribution in [1.82, 2.24) is 0 Å². The maximum Gasteiger partial charge on any atom is 0.315 e. The largest absolute Gasteiger partial charge is 0.496 e. The van der Waals surface area contributed by atoms with Crippen molar-refractivity contribution >= 4 is 29.1 Å². The molecule has 0 radical (unpaired) electrons. The lowest BCUT2D eigenvalue weighted by atomic mass is 9.69. The maximum absolute atomic E-state index is 13.5. The quantitative estimate of drug-likeness (QED) is 0.564. The first kappa shape index (κ1) is 22.3. The van der Waals surface area contributed by atoms with Crippen LogP contribution in [0, 0.1) is 5.92 Å². The maximum atomic E-state index is 13.5. The molecule has 0 aromatic heterocycles. The first-order valence-corrected chi connectivity index (χ1v) is 11.2. The van der Waals surface area contributed by atoms with Gasteiger partial charge in [-0.15, -0.1) is 0 Å². The molecular formula is C26H26ClNO4. The van der Waals surface area contributed by atoms with Crippen molar-refractivity contribution in [1.29, 1.82) is 0 Å². The van der Waals surface area contributed by atoms with Gasteiger partial charge in [0.05, 0.1) is 13.7 Å². The highest BCUT2D eigenvalue weighted by Gasteiger charge is 2.45. The molecule has 0 bridgehead atoms. The first-order valence-electron chi connectivity index (χ1n) is 10.8. The average molecular weight is 452 g/mol. The Morgan fingerprint density at radius 1 is 1.12 bits per heavy atom. The zero-order valence-corrected chi connectivity index (χ0v) is 19.2. The molecular weight excluding hydrogens is 426 g/mol. The topological polar surface area (TPSA) is 65.0 Å². The summed E-state index contributed by atoms with van der Waals surface area (Å²) in [5, 5.41) is 0.663. The Hall–Kier alpha value is -2.92. The predicted octanol–water partition coefficient (Wildman–Crippen LogP) is 5.49. The lowest BCUT2D eigenvalue weighted by Gasteiger charge is -2.37. The van der Waals surface area contributed by atoms with Gasteiger partial charge in [0.1, 0.15) is 11.7 Å². The number of carbonyl (C=O) groups excluding carboxylic acids is 2. The van der Waals surface area contributed by atoms with E-state index in [1.807, 2.05) is 55.5 Å². The van der Waals surface area contributed by atoms with Crippen LogP contribution < -0.4 is 4.74 Å². The number of carbonyl (C=O) groups is 2. The molecule has 1 aliphatic heterocycles. The van der Waals surface area contributed by atoms with E-state index >= 15 is 0 Å². The van der Waals surface area contributed by atoms with Gasteiger partial charge in [0.25, 0.3) is 0 Å². The van der Waals surface area contributed by atoms with E-state index in [1.54, 1.807) is 14.0 Å². The van der Waals surface area contributed by atoms with Gasteiger partial charge in [-0.2, -0.15) is 0 Å². The summed E-state index contributed by atoms with van der Waals surface area (Å²) in [5.41, 5.74) is 3.86. The number of nitrogens with zero attached hydrogens (tertiary/aromatic N) is 1. The Bertz CT molecular complexity index is 1100. The third kappa shape index (κ3) is 4.09. The summed E-state index contributed by atoms with van der Waals surface area (Å²) in [6.45, 7) is 3.88. The number of ketones is 1. The monoisotopic (exact) mass is 451 g/mol. The van der Waals surface area contributed by atoms with Gasteiger partial charge in [-0.25, -0.2) is 0 Å². The van der Waals surface area contributed by atoms with Gasteiger partial charge in [0.2, 0.25) is 0 Å². The Balaban J connectivity index is 1.82. The molecule has 0 N–H and O–H groups in total. The standard InChI is InChI=1S/C26H26ClNO4/c1-4-32-26(30)23-15(2)28-20-13-17(16-9-11-18(27)12-10-16)14-21(29)25(20)24(23)19-7-5-6-8-22(19)31-3/h5-12,17,23-24H,4,13-14H2,1-3H3/t17-,23?,24+/m1/s1. The summed E-state index contributed by atoms with van der Waals surface area (Å²) >= 11 is 6.04. The molecule has 1 heterocycles. The number of benzene rings is 2. The zero-order valence-electron chi connectivity index (χ0n) is 18.4. The molecule has 0 fully saturated rings. The molecule has 2 aliphatic rings. The second-order valence-corrected chi connectivity index (χ2v) is 8.58. The smallest absolute Gasteiger partial charge is 0.315 e. The van der Waals surface area contributed by atoms with E-state index in [-0.39, 0.29) is 24.3 Å². The van der Waals surface area contributed by atoms with Crippen LogP contribution >= 0.6 is 11.6 Å². The molecule has 1 aliphatic carbocycles. The Morgan fingerprint density at radius 2 is 1.84 bits per heavy atom. The highest BCUT2D eigenvalue weighted by molar-refractivity contribution is 6.30. The number of ether oxygens (including phenoxy) is 2. The minimum absolute atomic E-state index is 0.00709. The van der Waals surface area contributed by atoms with E-state index in [0.717, 1.165) is 16.8 Å². The molecule has 166 valence electrons. The van der Waals surface area contributed by atoms with Crippen LogP contribution in [0.3, 0.4) is 0 Å². The second-order valence-electron chi connectivity index (χ2n) is 8.14. The van der Waals surface area contributed by atoms with Crippen LogP contribution in [0.2, 0.25) is 5.02 Å². The van der Waals surface area contributed by atoms with Crippen molar-refractivity contribution in [2.45, 2.75) is 38.5 Å². The van der Waals surface area contributed by atoms with Gasteiger partial charge in [-0.05, 0) is 49.9 Å². The number of Topliss-reactive ketones (excluding diaryl/α,β-unsaturated/α-hetero) is 1. The Kier molecular flexibility index (Phi) is 6.47. The lowest BCUT2D eigenvalue weighted by molar-refractivity contribution is -0.146. The number of para-hydroxylation sites is 1. The van der Waals surface area contributed by atoms with Crippen LogP contribution in [0.5, 0.6) is 5.75 Å². The van der Waals surface area contributed by atoms with Crippen LogP contribution in [0.15, 0.2) is 64.8 Å². The van der Waals surface area contributed by atoms with Crippen LogP contribution in [0.4, 0.5) is 0 Å². The van der Waals surface area contributed by atoms with Gasteiger partial charge >= 0.3 is 5.97 Å². The molecule has 2 aromatic rings. The van der Waals surface area contributed by atoms with Crippen LogP contribution in [0.1, 0.15) is 49.7 Å². The third-order valence-corrected chi connectivity index (χ3v) is 6.50. The van der Waals surface area contributed by atoms with Gasteiger partial charge in [0.15, 0.2) is 5.78 Å². The fourth-order valence-electron chi connectivity index (χ4n) is 4.83.